The first-order valence-corrected chi connectivity index (χ1v) is 8.23. The first-order chi connectivity index (χ1) is 10.9. The number of carbonyl (C=O) groups is 1. The summed E-state index contributed by atoms with van der Waals surface area (Å²) >= 11 is 1.46. The molecule has 0 aliphatic heterocycles. The van der Waals surface area contributed by atoms with Crippen LogP contribution >= 0.6 is 11.3 Å². The summed E-state index contributed by atoms with van der Waals surface area (Å²) in [6, 6.07) is 11.1. The van der Waals surface area contributed by atoms with Gasteiger partial charge in [0.05, 0.1) is 6.54 Å². The molecule has 0 aliphatic rings. The molecular formula is C17H19N3O2S. The molecule has 4 N–H and O–H groups in total. The van der Waals surface area contributed by atoms with Crippen molar-refractivity contribution in [3.63, 3.8) is 0 Å². The summed E-state index contributed by atoms with van der Waals surface area (Å²) in [6.07, 6.45) is 0. The van der Waals surface area contributed by atoms with Crippen molar-refractivity contribution in [2.24, 2.45) is 0 Å². The fraction of sp³-hybridized carbons (Fsp3) is 0.235. The van der Waals surface area contributed by atoms with Gasteiger partial charge in [0.2, 0.25) is 0 Å². The lowest BCUT2D eigenvalue weighted by Crippen LogP contribution is -2.40. The van der Waals surface area contributed by atoms with E-state index < -0.39 is 5.60 Å². The first-order valence-electron chi connectivity index (χ1n) is 7.35. The van der Waals surface area contributed by atoms with Crippen LogP contribution in [0.25, 0.3) is 10.9 Å². The maximum Gasteiger partial charge on any atom is 0.319 e. The largest absolute Gasteiger partial charge is 0.383 e. The summed E-state index contributed by atoms with van der Waals surface area (Å²) in [6.45, 7) is 3.82. The van der Waals surface area contributed by atoms with Crippen LogP contribution < -0.4 is 10.6 Å². The number of aromatic nitrogens is 1. The molecule has 0 saturated carbocycles. The van der Waals surface area contributed by atoms with Gasteiger partial charge < -0.3 is 20.7 Å². The zero-order valence-corrected chi connectivity index (χ0v) is 13.8. The number of nitrogens with one attached hydrogen (secondary N) is 3. The van der Waals surface area contributed by atoms with Gasteiger partial charge in [-0.2, -0.15) is 0 Å². The van der Waals surface area contributed by atoms with Crippen molar-refractivity contribution in [2.45, 2.75) is 19.4 Å². The monoisotopic (exact) mass is 329 g/mol. The third-order valence-corrected chi connectivity index (χ3v) is 4.78. The van der Waals surface area contributed by atoms with Crippen LogP contribution in [0, 0.1) is 6.92 Å². The molecule has 1 unspecified atom stereocenters. The Bertz CT molecular complexity index is 822. The molecule has 0 bridgehead atoms. The average Bonchev–Trinajstić information content (AvgIpc) is 3.13. The number of benzene rings is 1. The SMILES string of the molecule is Cc1cc2cc(NC(=O)NCC(C)(O)c3cccs3)ccc2[nH]1. The molecule has 23 heavy (non-hydrogen) atoms. The van der Waals surface area contributed by atoms with Crippen molar-refractivity contribution >= 4 is 34.0 Å². The van der Waals surface area contributed by atoms with E-state index in [1.165, 1.54) is 11.3 Å². The minimum Gasteiger partial charge on any atom is -0.383 e. The third kappa shape index (κ3) is 3.55. The predicted octanol–water partition coefficient (Wildman–Crippen LogP) is 3.57. The van der Waals surface area contributed by atoms with Crippen LogP contribution in [0.2, 0.25) is 0 Å². The van der Waals surface area contributed by atoms with Gasteiger partial charge in [-0.15, -0.1) is 11.3 Å². The van der Waals surface area contributed by atoms with E-state index in [9.17, 15) is 9.90 Å². The average molecular weight is 329 g/mol. The van der Waals surface area contributed by atoms with Crippen LogP contribution in [0.3, 0.4) is 0 Å². The number of thiophene rings is 1. The van der Waals surface area contributed by atoms with Crippen molar-refractivity contribution < 1.29 is 9.90 Å². The van der Waals surface area contributed by atoms with E-state index in [2.05, 4.69) is 15.6 Å². The Balaban J connectivity index is 1.62. The van der Waals surface area contributed by atoms with Gasteiger partial charge in [0.25, 0.3) is 0 Å². The van der Waals surface area contributed by atoms with E-state index in [0.29, 0.717) is 5.69 Å². The summed E-state index contributed by atoms with van der Waals surface area (Å²) in [5.74, 6) is 0. The van der Waals surface area contributed by atoms with Crippen molar-refractivity contribution in [3.05, 3.63) is 52.3 Å². The minimum atomic E-state index is -1.08. The second-order valence-corrected chi connectivity index (χ2v) is 6.76. The Kier molecular flexibility index (Phi) is 4.11. The second kappa shape index (κ2) is 6.06. The lowest BCUT2D eigenvalue weighted by molar-refractivity contribution is 0.0637. The summed E-state index contributed by atoms with van der Waals surface area (Å²) in [4.78, 5) is 16.1. The van der Waals surface area contributed by atoms with Gasteiger partial charge in [-0.25, -0.2) is 4.79 Å². The van der Waals surface area contributed by atoms with Crippen LogP contribution in [-0.4, -0.2) is 22.7 Å². The summed E-state index contributed by atoms with van der Waals surface area (Å²) < 4.78 is 0. The fourth-order valence-corrected chi connectivity index (χ4v) is 3.24. The molecule has 0 aliphatic carbocycles. The molecule has 120 valence electrons. The maximum atomic E-state index is 12.0. The van der Waals surface area contributed by atoms with Gasteiger partial charge in [0, 0.05) is 27.2 Å². The zero-order valence-electron chi connectivity index (χ0n) is 13.0. The molecule has 0 saturated heterocycles. The third-order valence-electron chi connectivity index (χ3n) is 3.66. The zero-order chi connectivity index (χ0) is 16.4. The molecule has 2 heterocycles. The molecule has 1 aromatic carbocycles. The Morgan fingerprint density at radius 2 is 2.17 bits per heavy atom. The standard InChI is InChI=1S/C17H19N3O2S/c1-11-8-12-9-13(5-6-14(12)19-11)20-16(21)18-10-17(2,22)15-4-3-7-23-15/h3-9,19,22H,10H2,1-2H3,(H2,18,20,21). The van der Waals surface area contributed by atoms with Crippen LogP contribution in [0.4, 0.5) is 10.5 Å². The normalized spacial score (nSPS) is 13.7. The Morgan fingerprint density at radius 1 is 1.35 bits per heavy atom. The number of urea groups is 1. The van der Waals surface area contributed by atoms with E-state index in [1.807, 2.05) is 48.7 Å². The molecule has 1 atom stereocenters. The summed E-state index contributed by atoms with van der Waals surface area (Å²) in [5, 5.41) is 18.8. The molecular weight excluding hydrogens is 310 g/mol. The minimum absolute atomic E-state index is 0.144. The lowest BCUT2D eigenvalue weighted by Gasteiger charge is -2.22. The number of aromatic amines is 1. The molecule has 0 radical (unpaired) electrons. The van der Waals surface area contributed by atoms with Crippen molar-refractivity contribution in [2.75, 3.05) is 11.9 Å². The van der Waals surface area contributed by atoms with Crippen LogP contribution in [0.15, 0.2) is 41.8 Å². The summed E-state index contributed by atoms with van der Waals surface area (Å²) in [7, 11) is 0. The van der Waals surface area contributed by atoms with Gasteiger partial charge in [0.1, 0.15) is 5.60 Å². The number of rotatable bonds is 4. The highest BCUT2D eigenvalue weighted by molar-refractivity contribution is 7.10. The number of fused-ring (bicyclic) bond motifs is 1. The highest BCUT2D eigenvalue weighted by Crippen LogP contribution is 2.24. The Morgan fingerprint density at radius 3 is 2.91 bits per heavy atom. The highest BCUT2D eigenvalue weighted by Gasteiger charge is 2.24. The second-order valence-electron chi connectivity index (χ2n) is 5.81. The Labute approximate surface area is 138 Å². The number of carbonyl (C=O) groups excluding carboxylic acids is 1. The van der Waals surface area contributed by atoms with E-state index in [4.69, 9.17) is 0 Å². The van der Waals surface area contributed by atoms with Crippen molar-refractivity contribution in [3.8, 4) is 0 Å². The highest BCUT2D eigenvalue weighted by atomic mass is 32.1. The Hall–Kier alpha value is -2.31. The van der Waals surface area contributed by atoms with Crippen molar-refractivity contribution in [1.29, 1.82) is 0 Å². The fourth-order valence-electron chi connectivity index (χ4n) is 2.46. The number of hydrogen-bond acceptors (Lipinski definition) is 3. The molecule has 5 nitrogen and oxygen atoms in total. The van der Waals surface area contributed by atoms with E-state index in [0.717, 1.165) is 21.5 Å². The number of hydrogen-bond donors (Lipinski definition) is 4. The number of amides is 2. The smallest absolute Gasteiger partial charge is 0.319 e. The van der Waals surface area contributed by atoms with E-state index in [-0.39, 0.29) is 12.6 Å². The topological polar surface area (TPSA) is 77.2 Å². The summed E-state index contributed by atoms with van der Waals surface area (Å²) in [5.41, 5.74) is 1.75. The maximum absolute atomic E-state index is 12.0. The molecule has 0 spiro atoms. The quantitative estimate of drug-likeness (QED) is 0.590. The molecule has 3 aromatic rings. The van der Waals surface area contributed by atoms with Gasteiger partial charge in [-0.3, -0.25) is 0 Å². The molecule has 6 heteroatoms. The molecule has 2 aromatic heterocycles. The van der Waals surface area contributed by atoms with Gasteiger partial charge in [-0.05, 0) is 49.6 Å². The van der Waals surface area contributed by atoms with Crippen LogP contribution in [0.5, 0.6) is 0 Å². The van der Waals surface area contributed by atoms with Crippen molar-refractivity contribution in [1.82, 2.24) is 10.3 Å². The number of H-pyrrole nitrogens is 1. The van der Waals surface area contributed by atoms with Gasteiger partial charge in [-0.1, -0.05) is 6.07 Å². The van der Waals surface area contributed by atoms with E-state index in [1.54, 1.807) is 6.92 Å². The first kappa shape index (κ1) is 15.6. The number of aliphatic hydroxyl groups is 1. The predicted molar refractivity (Wildman–Crippen MR) is 93.9 cm³/mol. The molecule has 2 amide bonds. The lowest BCUT2D eigenvalue weighted by atomic mass is 10.1. The molecule has 3 rings (SSSR count). The van der Waals surface area contributed by atoms with Crippen LogP contribution in [-0.2, 0) is 5.60 Å². The number of anilines is 1. The van der Waals surface area contributed by atoms with Crippen LogP contribution in [0.1, 0.15) is 17.5 Å². The van der Waals surface area contributed by atoms with E-state index >= 15 is 0 Å². The number of aryl methyl sites for hydroxylation is 1. The van der Waals surface area contributed by atoms with Gasteiger partial charge >= 0.3 is 6.03 Å². The van der Waals surface area contributed by atoms with Gasteiger partial charge in [0.15, 0.2) is 0 Å². The molecule has 0 fully saturated rings.